The molecule has 62 valence electrons. The summed E-state index contributed by atoms with van der Waals surface area (Å²) in [4.78, 5) is 21.2. The highest BCUT2D eigenvalue weighted by molar-refractivity contribution is 5.81. The number of carbonyl (C=O) groups excluding carboxylic acids is 1. The molecule has 0 aliphatic carbocycles. The summed E-state index contributed by atoms with van der Waals surface area (Å²) < 4.78 is 0. The summed E-state index contributed by atoms with van der Waals surface area (Å²) in [6, 6.07) is -0.524. The number of ketones is 1. The topological polar surface area (TPSA) is 66.4 Å². The summed E-state index contributed by atoms with van der Waals surface area (Å²) in [5.74, 6) is -0.897. The zero-order chi connectivity index (χ0) is 8.43. The van der Waals surface area contributed by atoms with Crippen molar-refractivity contribution in [1.82, 2.24) is 5.32 Å². The number of Topliss-reactive ketones (excluding diaryl/α,β-unsaturated/α-hetero) is 1. The first kappa shape index (κ1) is 8.20. The Morgan fingerprint density at radius 2 is 2.18 bits per heavy atom. The van der Waals surface area contributed by atoms with Crippen LogP contribution in [0.2, 0.25) is 0 Å². The van der Waals surface area contributed by atoms with Crippen LogP contribution in [0.5, 0.6) is 0 Å². The molecule has 0 aromatic carbocycles. The van der Waals surface area contributed by atoms with Gasteiger partial charge in [-0.2, -0.15) is 0 Å². The Morgan fingerprint density at radius 3 is 2.45 bits per heavy atom. The van der Waals surface area contributed by atoms with Gasteiger partial charge < -0.3 is 10.4 Å². The van der Waals surface area contributed by atoms with Gasteiger partial charge in [0.1, 0.15) is 11.8 Å². The standard InChI is InChI=1S/C7H11NO3/c1-4(9)5-2-6(7(10)11)8-3-5/h5-6,8H,2-3H2,1H3,(H,10,11)/t5?,6-/m0/s1. The lowest BCUT2D eigenvalue weighted by Gasteiger charge is -2.01. The van der Waals surface area contributed by atoms with Crippen molar-refractivity contribution >= 4 is 11.8 Å². The van der Waals surface area contributed by atoms with E-state index in [1.165, 1.54) is 6.92 Å². The van der Waals surface area contributed by atoms with E-state index >= 15 is 0 Å². The molecule has 2 N–H and O–H groups in total. The van der Waals surface area contributed by atoms with E-state index in [4.69, 9.17) is 5.11 Å². The number of aliphatic carboxylic acids is 1. The fourth-order valence-corrected chi connectivity index (χ4v) is 1.23. The molecule has 4 heteroatoms. The Hall–Kier alpha value is -0.900. The van der Waals surface area contributed by atoms with Gasteiger partial charge in [-0.3, -0.25) is 9.59 Å². The molecule has 1 saturated heterocycles. The predicted octanol–water partition coefficient (Wildman–Crippen LogP) is -0.362. The van der Waals surface area contributed by atoms with Gasteiger partial charge in [0, 0.05) is 12.5 Å². The van der Waals surface area contributed by atoms with Crippen molar-refractivity contribution in [2.24, 2.45) is 5.92 Å². The van der Waals surface area contributed by atoms with Crippen molar-refractivity contribution in [3.05, 3.63) is 0 Å². The fourth-order valence-electron chi connectivity index (χ4n) is 1.23. The summed E-state index contributed by atoms with van der Waals surface area (Å²) in [6.45, 7) is 2.00. The Bertz CT molecular complexity index is 170. The van der Waals surface area contributed by atoms with E-state index in [1.54, 1.807) is 0 Å². The van der Waals surface area contributed by atoms with Crippen LogP contribution in [0.15, 0.2) is 0 Å². The van der Waals surface area contributed by atoms with Gasteiger partial charge in [0.2, 0.25) is 0 Å². The fraction of sp³-hybridized carbons (Fsp3) is 0.714. The van der Waals surface area contributed by atoms with Gasteiger partial charge in [0.05, 0.1) is 0 Å². The maximum Gasteiger partial charge on any atom is 0.320 e. The van der Waals surface area contributed by atoms with Crippen molar-refractivity contribution in [3.8, 4) is 0 Å². The molecule has 1 unspecified atom stereocenters. The van der Waals surface area contributed by atoms with Crippen LogP contribution in [0.25, 0.3) is 0 Å². The highest BCUT2D eigenvalue weighted by Gasteiger charge is 2.31. The minimum absolute atomic E-state index is 0.0706. The van der Waals surface area contributed by atoms with Crippen LogP contribution < -0.4 is 5.32 Å². The maximum atomic E-state index is 10.8. The molecule has 1 rings (SSSR count). The van der Waals surface area contributed by atoms with E-state index < -0.39 is 12.0 Å². The second kappa shape index (κ2) is 3.00. The smallest absolute Gasteiger partial charge is 0.320 e. The number of hydrogen-bond acceptors (Lipinski definition) is 3. The van der Waals surface area contributed by atoms with Crippen molar-refractivity contribution in [1.29, 1.82) is 0 Å². The van der Waals surface area contributed by atoms with Gasteiger partial charge in [-0.25, -0.2) is 0 Å². The summed E-state index contributed by atoms with van der Waals surface area (Å²) in [5.41, 5.74) is 0. The molecule has 0 radical (unpaired) electrons. The maximum absolute atomic E-state index is 10.8. The Balaban J connectivity index is 2.47. The Kier molecular flexibility index (Phi) is 2.24. The summed E-state index contributed by atoms with van der Waals surface area (Å²) >= 11 is 0. The minimum atomic E-state index is -0.867. The molecule has 1 heterocycles. The van der Waals surface area contributed by atoms with Crippen LogP contribution in [0, 0.1) is 5.92 Å². The van der Waals surface area contributed by atoms with Gasteiger partial charge in [-0.1, -0.05) is 0 Å². The summed E-state index contributed by atoms with van der Waals surface area (Å²) in [6.07, 6.45) is 0.435. The Morgan fingerprint density at radius 1 is 1.55 bits per heavy atom. The minimum Gasteiger partial charge on any atom is -0.480 e. The monoisotopic (exact) mass is 157 g/mol. The van der Waals surface area contributed by atoms with Crippen LogP contribution in [0.3, 0.4) is 0 Å². The summed E-state index contributed by atoms with van der Waals surface area (Å²) in [7, 11) is 0. The van der Waals surface area contributed by atoms with E-state index in [2.05, 4.69) is 5.32 Å². The van der Waals surface area contributed by atoms with E-state index in [0.29, 0.717) is 13.0 Å². The Labute approximate surface area is 64.6 Å². The molecule has 0 saturated carbocycles. The number of nitrogens with one attached hydrogen (secondary N) is 1. The van der Waals surface area contributed by atoms with Crippen LogP contribution in [0.4, 0.5) is 0 Å². The zero-order valence-corrected chi connectivity index (χ0v) is 6.33. The van der Waals surface area contributed by atoms with Crippen LogP contribution >= 0.6 is 0 Å². The highest BCUT2D eigenvalue weighted by atomic mass is 16.4. The molecule has 0 bridgehead atoms. The summed E-state index contributed by atoms with van der Waals surface area (Å²) in [5, 5.41) is 11.3. The van der Waals surface area contributed by atoms with E-state index in [0.717, 1.165) is 0 Å². The predicted molar refractivity (Wildman–Crippen MR) is 38.2 cm³/mol. The van der Waals surface area contributed by atoms with Gasteiger partial charge in [-0.15, -0.1) is 0 Å². The molecule has 0 aromatic heterocycles. The second-order valence-electron chi connectivity index (χ2n) is 2.84. The number of carbonyl (C=O) groups is 2. The molecular formula is C7H11NO3. The second-order valence-corrected chi connectivity index (χ2v) is 2.84. The van der Waals surface area contributed by atoms with Crippen molar-refractivity contribution in [3.63, 3.8) is 0 Å². The molecule has 0 aromatic rings. The number of carboxylic acid groups (broad SMARTS) is 1. The van der Waals surface area contributed by atoms with Crippen molar-refractivity contribution in [2.75, 3.05) is 6.54 Å². The number of carboxylic acids is 1. The van der Waals surface area contributed by atoms with Crippen molar-refractivity contribution in [2.45, 2.75) is 19.4 Å². The molecule has 4 nitrogen and oxygen atoms in total. The average molecular weight is 157 g/mol. The van der Waals surface area contributed by atoms with Gasteiger partial charge in [-0.05, 0) is 13.3 Å². The lowest BCUT2D eigenvalue weighted by Crippen LogP contribution is -2.29. The first-order valence-corrected chi connectivity index (χ1v) is 3.58. The SMILES string of the molecule is CC(=O)C1CN[C@H](C(=O)O)C1. The molecule has 1 aliphatic heterocycles. The number of rotatable bonds is 2. The molecule has 1 fully saturated rings. The zero-order valence-electron chi connectivity index (χ0n) is 6.33. The van der Waals surface area contributed by atoms with Crippen molar-refractivity contribution < 1.29 is 14.7 Å². The number of hydrogen-bond donors (Lipinski definition) is 2. The van der Waals surface area contributed by atoms with Crippen LogP contribution in [0.1, 0.15) is 13.3 Å². The third-order valence-electron chi connectivity index (χ3n) is 2.00. The largest absolute Gasteiger partial charge is 0.480 e. The van der Waals surface area contributed by atoms with Gasteiger partial charge in [0.15, 0.2) is 0 Å². The highest BCUT2D eigenvalue weighted by Crippen LogP contribution is 2.14. The van der Waals surface area contributed by atoms with E-state index in [1.807, 2.05) is 0 Å². The van der Waals surface area contributed by atoms with E-state index in [9.17, 15) is 9.59 Å². The first-order valence-electron chi connectivity index (χ1n) is 3.58. The first-order chi connectivity index (χ1) is 5.11. The molecule has 11 heavy (non-hydrogen) atoms. The normalized spacial score (nSPS) is 30.3. The molecule has 0 amide bonds. The van der Waals surface area contributed by atoms with Gasteiger partial charge >= 0.3 is 5.97 Å². The van der Waals surface area contributed by atoms with Crippen LogP contribution in [-0.2, 0) is 9.59 Å². The molecule has 1 aliphatic rings. The third kappa shape index (κ3) is 1.77. The molecule has 2 atom stereocenters. The third-order valence-corrected chi connectivity index (χ3v) is 2.00. The van der Waals surface area contributed by atoms with Gasteiger partial charge in [0.25, 0.3) is 0 Å². The molecular weight excluding hydrogens is 146 g/mol. The van der Waals surface area contributed by atoms with Crippen LogP contribution in [-0.4, -0.2) is 29.4 Å². The average Bonchev–Trinajstić information content (AvgIpc) is 2.33. The quantitative estimate of drug-likeness (QED) is 0.574. The molecule has 0 spiro atoms. The lowest BCUT2D eigenvalue weighted by molar-refractivity contribution is -0.139. The lowest BCUT2D eigenvalue weighted by atomic mass is 10.0. The van der Waals surface area contributed by atoms with E-state index in [-0.39, 0.29) is 11.7 Å².